The van der Waals surface area contributed by atoms with Crippen LogP contribution in [0.1, 0.15) is 24.5 Å². The molecule has 1 saturated heterocycles. The Hall–Kier alpha value is -3.73. The molecule has 1 aromatic heterocycles. The molecule has 1 aliphatic heterocycles. The van der Waals surface area contributed by atoms with Crippen molar-refractivity contribution in [3.63, 3.8) is 0 Å². The molecule has 1 unspecified atom stereocenters. The van der Waals surface area contributed by atoms with Crippen molar-refractivity contribution in [1.82, 2.24) is 36.0 Å². The van der Waals surface area contributed by atoms with Gasteiger partial charge in [0.15, 0.2) is 0 Å². The number of imide groups is 1. The van der Waals surface area contributed by atoms with Gasteiger partial charge in [-0.2, -0.15) is 5.01 Å². The lowest BCUT2D eigenvalue weighted by Crippen LogP contribution is -2.49. The van der Waals surface area contributed by atoms with Crippen LogP contribution in [0.5, 0.6) is 0 Å². The summed E-state index contributed by atoms with van der Waals surface area (Å²) in [5.74, 6) is -1.12. The molecule has 1 atom stereocenters. The summed E-state index contributed by atoms with van der Waals surface area (Å²) in [5.41, 5.74) is 2.87. The topological polar surface area (TPSA) is 122 Å². The van der Waals surface area contributed by atoms with Crippen molar-refractivity contribution in [2.24, 2.45) is 0 Å². The molecular weight excluding hydrogens is 430 g/mol. The van der Waals surface area contributed by atoms with Gasteiger partial charge in [-0.25, -0.2) is 9.48 Å². The molecule has 0 bridgehead atoms. The lowest BCUT2D eigenvalue weighted by Gasteiger charge is -2.25. The minimum atomic E-state index is -1.21. The lowest BCUT2D eigenvalue weighted by molar-refractivity contribution is -0.138. The Morgan fingerprint density at radius 2 is 1.78 bits per heavy atom. The first-order valence-corrected chi connectivity index (χ1v) is 11.0. The molecule has 1 aliphatic rings. The summed E-state index contributed by atoms with van der Waals surface area (Å²) in [5, 5.41) is 15.5. The second-order valence-electron chi connectivity index (χ2n) is 7.12. The Morgan fingerprint density at radius 1 is 1.09 bits per heavy atom. The third-order valence-corrected chi connectivity index (χ3v) is 6.09. The van der Waals surface area contributed by atoms with Gasteiger partial charge in [-0.1, -0.05) is 79.3 Å². The van der Waals surface area contributed by atoms with E-state index >= 15 is 0 Å². The van der Waals surface area contributed by atoms with Crippen LogP contribution >= 0.6 is 11.8 Å². The van der Waals surface area contributed by atoms with E-state index in [1.165, 1.54) is 0 Å². The average molecular weight is 452 g/mol. The molecule has 10 nitrogen and oxygen atoms in total. The zero-order chi connectivity index (χ0) is 22.6. The van der Waals surface area contributed by atoms with E-state index in [1.54, 1.807) is 35.9 Å². The molecule has 2 N–H and O–H groups in total. The van der Waals surface area contributed by atoms with E-state index in [9.17, 15) is 14.4 Å². The van der Waals surface area contributed by atoms with E-state index in [4.69, 9.17) is 0 Å². The second kappa shape index (κ2) is 9.18. The largest absolute Gasteiger partial charge is 0.344 e. The molecule has 4 amide bonds. The molecule has 164 valence electrons. The average Bonchev–Trinajstić information content (AvgIpc) is 3.36. The van der Waals surface area contributed by atoms with Crippen LogP contribution in [0.25, 0.3) is 0 Å². The van der Waals surface area contributed by atoms with Gasteiger partial charge in [0.1, 0.15) is 5.54 Å². The van der Waals surface area contributed by atoms with Crippen LogP contribution in [-0.4, -0.2) is 48.8 Å². The van der Waals surface area contributed by atoms with Gasteiger partial charge in [-0.3, -0.25) is 15.0 Å². The van der Waals surface area contributed by atoms with Crippen molar-refractivity contribution in [2.75, 3.05) is 5.75 Å². The van der Waals surface area contributed by atoms with E-state index in [0.29, 0.717) is 23.7 Å². The number of tetrazole rings is 1. The van der Waals surface area contributed by atoms with E-state index < -0.39 is 23.4 Å². The fraction of sp³-hybridized carbons (Fsp3) is 0.238. The standard InChI is InChI=1S/C21H21N7O3S/c1-2-21(16-11-7-4-8-12-16)18(30)28(19(31)22-21)24-17(29)14-32-20-23-25-26-27(20)13-15-9-5-3-6-10-15/h3-12H,2,13-14H2,1H3,(H,22,31)(H,24,29). The summed E-state index contributed by atoms with van der Waals surface area (Å²) in [6, 6.07) is 18.0. The Kier molecular flexibility index (Phi) is 6.17. The highest BCUT2D eigenvalue weighted by molar-refractivity contribution is 7.99. The molecule has 0 saturated carbocycles. The first kappa shape index (κ1) is 21.5. The second-order valence-corrected chi connectivity index (χ2v) is 8.07. The molecule has 3 aromatic rings. The number of hydrazine groups is 1. The van der Waals surface area contributed by atoms with Crippen LogP contribution in [0, 0.1) is 0 Å². The fourth-order valence-corrected chi connectivity index (χ4v) is 4.15. The van der Waals surface area contributed by atoms with Crippen LogP contribution in [0.2, 0.25) is 0 Å². The van der Waals surface area contributed by atoms with Crippen LogP contribution in [0.4, 0.5) is 4.79 Å². The summed E-state index contributed by atoms with van der Waals surface area (Å²) in [7, 11) is 0. The lowest BCUT2D eigenvalue weighted by atomic mass is 9.87. The van der Waals surface area contributed by atoms with Crippen molar-refractivity contribution < 1.29 is 14.4 Å². The summed E-state index contributed by atoms with van der Waals surface area (Å²) < 4.78 is 1.58. The SMILES string of the molecule is CCC1(c2ccccc2)NC(=O)N(NC(=O)CSc2nnnn2Cc2ccccc2)C1=O. The van der Waals surface area contributed by atoms with Gasteiger partial charge in [0.2, 0.25) is 11.1 Å². The van der Waals surface area contributed by atoms with Gasteiger partial charge in [0.05, 0.1) is 12.3 Å². The van der Waals surface area contributed by atoms with Gasteiger partial charge in [-0.15, -0.1) is 5.10 Å². The molecule has 11 heteroatoms. The number of rotatable bonds is 8. The van der Waals surface area contributed by atoms with E-state index in [1.807, 2.05) is 36.4 Å². The van der Waals surface area contributed by atoms with Crippen LogP contribution < -0.4 is 10.7 Å². The van der Waals surface area contributed by atoms with Crippen molar-refractivity contribution in [1.29, 1.82) is 0 Å². The van der Waals surface area contributed by atoms with Gasteiger partial charge in [0.25, 0.3) is 5.91 Å². The predicted molar refractivity (Wildman–Crippen MR) is 116 cm³/mol. The number of nitrogens with one attached hydrogen (secondary N) is 2. The van der Waals surface area contributed by atoms with Crippen molar-refractivity contribution in [3.8, 4) is 0 Å². The number of aromatic nitrogens is 4. The summed E-state index contributed by atoms with van der Waals surface area (Å²) in [6.07, 6.45) is 0.344. The maximum atomic E-state index is 13.1. The number of hydrogen-bond donors (Lipinski definition) is 2. The van der Waals surface area contributed by atoms with Crippen LogP contribution in [-0.2, 0) is 21.7 Å². The van der Waals surface area contributed by atoms with Crippen molar-refractivity contribution in [2.45, 2.75) is 30.6 Å². The number of carbonyl (C=O) groups excluding carboxylic acids is 3. The third kappa shape index (κ3) is 4.19. The third-order valence-electron chi connectivity index (χ3n) is 5.13. The monoisotopic (exact) mass is 451 g/mol. The fourth-order valence-electron chi connectivity index (χ4n) is 3.48. The molecule has 1 fully saturated rings. The first-order chi connectivity index (χ1) is 15.5. The quantitative estimate of drug-likeness (QED) is 0.395. The predicted octanol–water partition coefficient (Wildman–Crippen LogP) is 1.70. The van der Waals surface area contributed by atoms with Crippen molar-refractivity contribution >= 4 is 29.6 Å². The Bertz CT molecular complexity index is 1120. The number of benzene rings is 2. The minimum Gasteiger partial charge on any atom is -0.318 e. The van der Waals surface area contributed by atoms with Gasteiger partial charge in [0, 0.05) is 0 Å². The summed E-state index contributed by atoms with van der Waals surface area (Å²) in [6.45, 7) is 2.26. The number of thioether (sulfide) groups is 1. The number of amides is 4. The zero-order valence-electron chi connectivity index (χ0n) is 17.3. The summed E-state index contributed by atoms with van der Waals surface area (Å²) in [4.78, 5) is 38.1. The van der Waals surface area contributed by atoms with E-state index in [-0.39, 0.29) is 5.75 Å². The molecular formula is C21H21N7O3S. The first-order valence-electron chi connectivity index (χ1n) is 9.98. The minimum absolute atomic E-state index is 0.0727. The molecule has 32 heavy (non-hydrogen) atoms. The maximum absolute atomic E-state index is 13.1. The maximum Gasteiger partial charge on any atom is 0.344 e. The number of nitrogens with zero attached hydrogens (tertiary/aromatic N) is 5. The van der Waals surface area contributed by atoms with Gasteiger partial charge in [-0.05, 0) is 28.0 Å². The number of hydrogen-bond acceptors (Lipinski definition) is 7. The van der Waals surface area contributed by atoms with Crippen molar-refractivity contribution in [3.05, 3.63) is 71.8 Å². The molecule has 2 aromatic carbocycles. The molecule has 2 heterocycles. The Balaban J connectivity index is 1.39. The van der Waals surface area contributed by atoms with Gasteiger partial charge >= 0.3 is 6.03 Å². The molecule has 0 radical (unpaired) electrons. The van der Waals surface area contributed by atoms with E-state index in [0.717, 1.165) is 22.3 Å². The Labute approximate surface area is 188 Å². The number of carbonyl (C=O) groups is 3. The van der Waals surface area contributed by atoms with Crippen LogP contribution in [0.15, 0.2) is 65.8 Å². The number of urea groups is 1. The van der Waals surface area contributed by atoms with Crippen LogP contribution in [0.3, 0.4) is 0 Å². The zero-order valence-corrected chi connectivity index (χ0v) is 18.1. The smallest absolute Gasteiger partial charge is 0.318 e. The van der Waals surface area contributed by atoms with Gasteiger partial charge < -0.3 is 5.32 Å². The molecule has 0 aliphatic carbocycles. The molecule has 0 spiro atoms. The Morgan fingerprint density at radius 3 is 2.47 bits per heavy atom. The highest BCUT2D eigenvalue weighted by Crippen LogP contribution is 2.31. The summed E-state index contributed by atoms with van der Waals surface area (Å²) >= 11 is 1.11. The highest BCUT2D eigenvalue weighted by atomic mass is 32.2. The normalized spacial score (nSPS) is 18.0. The van der Waals surface area contributed by atoms with E-state index in [2.05, 4.69) is 26.3 Å². The molecule has 4 rings (SSSR count). The highest BCUT2D eigenvalue weighted by Gasteiger charge is 2.52.